The molecule has 1 saturated carbocycles. The van der Waals surface area contributed by atoms with Gasteiger partial charge in [0.25, 0.3) is 5.91 Å². The smallest absolute Gasteiger partial charge is 0.279 e. The van der Waals surface area contributed by atoms with Crippen LogP contribution in [-0.2, 0) is 11.3 Å². The van der Waals surface area contributed by atoms with Crippen LogP contribution in [0.5, 0.6) is 5.75 Å². The Morgan fingerprint density at radius 3 is 2.31 bits per heavy atom. The van der Waals surface area contributed by atoms with E-state index in [9.17, 15) is 4.79 Å². The molecule has 26 heavy (non-hydrogen) atoms. The van der Waals surface area contributed by atoms with Gasteiger partial charge >= 0.3 is 0 Å². The predicted octanol–water partition coefficient (Wildman–Crippen LogP) is 3.00. The highest BCUT2D eigenvalue weighted by atomic mass is 16.5. The Morgan fingerprint density at radius 1 is 1.12 bits per heavy atom. The molecule has 1 unspecified atom stereocenters. The number of ether oxygens (including phenoxy) is 1. The normalized spacial score (nSPS) is 14.9. The molecule has 0 bridgehead atoms. The summed E-state index contributed by atoms with van der Waals surface area (Å²) in [7, 11) is 1.64. The lowest BCUT2D eigenvalue weighted by atomic mass is 10.0. The molecule has 2 N–H and O–H groups in total. The zero-order valence-corrected chi connectivity index (χ0v) is 15.9. The van der Waals surface area contributed by atoms with E-state index in [1.54, 1.807) is 7.11 Å². The SMILES string of the molecule is COc1ccc(NC(=O)C[NH+](Cc2ccc(C(C)C)cc2)C2CC2)cc1. The van der Waals surface area contributed by atoms with Crippen LogP contribution in [0.1, 0.15) is 43.7 Å². The van der Waals surface area contributed by atoms with Gasteiger partial charge in [0.05, 0.1) is 13.2 Å². The van der Waals surface area contributed by atoms with E-state index in [1.807, 2.05) is 24.3 Å². The number of rotatable bonds is 8. The summed E-state index contributed by atoms with van der Waals surface area (Å²) in [5.74, 6) is 1.40. The molecule has 0 radical (unpaired) electrons. The molecule has 1 atom stereocenters. The highest BCUT2D eigenvalue weighted by molar-refractivity contribution is 5.91. The summed E-state index contributed by atoms with van der Waals surface area (Å²) in [5.41, 5.74) is 3.47. The first-order valence-electron chi connectivity index (χ1n) is 9.42. The number of amides is 1. The molecular formula is C22H29N2O2+. The summed E-state index contributed by atoms with van der Waals surface area (Å²) in [4.78, 5) is 13.8. The first-order chi connectivity index (χ1) is 12.5. The molecule has 138 valence electrons. The zero-order chi connectivity index (χ0) is 18.5. The van der Waals surface area contributed by atoms with Crippen molar-refractivity contribution in [3.05, 3.63) is 59.7 Å². The standard InChI is InChI=1S/C22H28N2O2/c1-16(2)18-6-4-17(5-7-18)14-24(20-10-11-20)15-22(25)23-19-8-12-21(26-3)13-9-19/h4-9,12-13,16,20H,10-11,14-15H2,1-3H3,(H,23,25)/p+1. The van der Waals surface area contributed by atoms with Crippen molar-refractivity contribution in [3.63, 3.8) is 0 Å². The maximum absolute atomic E-state index is 12.5. The minimum atomic E-state index is 0.0656. The number of quaternary nitrogens is 1. The van der Waals surface area contributed by atoms with Gasteiger partial charge in [0.2, 0.25) is 0 Å². The topological polar surface area (TPSA) is 42.8 Å². The second kappa shape index (κ2) is 8.37. The number of carbonyl (C=O) groups excluding carboxylic acids is 1. The van der Waals surface area contributed by atoms with Gasteiger partial charge in [-0.1, -0.05) is 38.1 Å². The third kappa shape index (κ3) is 5.09. The molecule has 2 aromatic rings. The Bertz CT molecular complexity index is 719. The van der Waals surface area contributed by atoms with Crippen LogP contribution >= 0.6 is 0 Å². The van der Waals surface area contributed by atoms with E-state index in [4.69, 9.17) is 4.74 Å². The monoisotopic (exact) mass is 353 g/mol. The van der Waals surface area contributed by atoms with Crippen molar-refractivity contribution in [2.75, 3.05) is 19.0 Å². The lowest BCUT2D eigenvalue weighted by Crippen LogP contribution is -3.13. The lowest BCUT2D eigenvalue weighted by molar-refractivity contribution is -0.916. The van der Waals surface area contributed by atoms with Crippen LogP contribution in [0.25, 0.3) is 0 Å². The molecule has 2 aromatic carbocycles. The van der Waals surface area contributed by atoms with Crippen LogP contribution in [0, 0.1) is 0 Å². The Hall–Kier alpha value is -2.33. The largest absolute Gasteiger partial charge is 0.497 e. The fraction of sp³-hybridized carbons (Fsp3) is 0.409. The zero-order valence-electron chi connectivity index (χ0n) is 15.9. The van der Waals surface area contributed by atoms with Gasteiger partial charge in [0.15, 0.2) is 6.54 Å². The van der Waals surface area contributed by atoms with E-state index in [0.717, 1.165) is 18.0 Å². The average Bonchev–Trinajstić information content (AvgIpc) is 3.47. The van der Waals surface area contributed by atoms with Crippen LogP contribution in [-0.4, -0.2) is 25.6 Å². The number of benzene rings is 2. The van der Waals surface area contributed by atoms with Gasteiger partial charge in [-0.25, -0.2) is 0 Å². The molecule has 1 aliphatic rings. The van der Waals surface area contributed by atoms with Crippen LogP contribution in [0.15, 0.2) is 48.5 Å². The summed E-state index contributed by atoms with van der Waals surface area (Å²) in [6.07, 6.45) is 2.43. The Balaban J connectivity index is 1.58. The summed E-state index contributed by atoms with van der Waals surface area (Å²) in [5, 5.41) is 3.00. The third-order valence-electron chi connectivity index (χ3n) is 4.99. The predicted molar refractivity (Wildman–Crippen MR) is 105 cm³/mol. The van der Waals surface area contributed by atoms with Crippen molar-refractivity contribution in [2.24, 2.45) is 0 Å². The number of carbonyl (C=O) groups is 1. The highest BCUT2D eigenvalue weighted by Crippen LogP contribution is 2.18. The van der Waals surface area contributed by atoms with E-state index < -0.39 is 0 Å². The van der Waals surface area contributed by atoms with Crippen molar-refractivity contribution in [2.45, 2.75) is 45.2 Å². The fourth-order valence-electron chi connectivity index (χ4n) is 3.21. The van der Waals surface area contributed by atoms with Crippen molar-refractivity contribution in [1.29, 1.82) is 0 Å². The molecule has 0 aliphatic heterocycles. The quantitative estimate of drug-likeness (QED) is 0.766. The molecule has 0 aromatic heterocycles. The minimum absolute atomic E-state index is 0.0656. The van der Waals surface area contributed by atoms with Gasteiger partial charge in [-0.2, -0.15) is 0 Å². The number of hydrogen-bond acceptors (Lipinski definition) is 2. The van der Waals surface area contributed by atoms with Crippen LogP contribution in [0.3, 0.4) is 0 Å². The van der Waals surface area contributed by atoms with E-state index >= 15 is 0 Å². The Kier molecular flexibility index (Phi) is 5.94. The fourth-order valence-corrected chi connectivity index (χ4v) is 3.21. The van der Waals surface area contributed by atoms with Crippen LogP contribution in [0.2, 0.25) is 0 Å². The van der Waals surface area contributed by atoms with Gasteiger partial charge in [-0.05, 0) is 35.7 Å². The van der Waals surface area contributed by atoms with E-state index in [-0.39, 0.29) is 5.91 Å². The lowest BCUT2D eigenvalue weighted by Gasteiger charge is -2.19. The Morgan fingerprint density at radius 2 is 1.77 bits per heavy atom. The van der Waals surface area contributed by atoms with Gasteiger partial charge in [0, 0.05) is 24.1 Å². The third-order valence-corrected chi connectivity index (χ3v) is 4.99. The molecule has 0 spiro atoms. The van der Waals surface area contributed by atoms with Gasteiger partial charge in [0.1, 0.15) is 12.3 Å². The summed E-state index contributed by atoms with van der Waals surface area (Å²) < 4.78 is 5.15. The molecule has 0 saturated heterocycles. The second-order valence-corrected chi connectivity index (χ2v) is 7.46. The van der Waals surface area contributed by atoms with Crippen LogP contribution < -0.4 is 15.0 Å². The van der Waals surface area contributed by atoms with Gasteiger partial charge in [-0.3, -0.25) is 4.79 Å². The summed E-state index contributed by atoms with van der Waals surface area (Å²) >= 11 is 0. The molecule has 1 aliphatic carbocycles. The van der Waals surface area contributed by atoms with E-state index in [1.165, 1.54) is 28.9 Å². The summed E-state index contributed by atoms with van der Waals surface area (Å²) in [6, 6.07) is 16.9. The van der Waals surface area contributed by atoms with Crippen molar-refractivity contribution in [1.82, 2.24) is 0 Å². The van der Waals surface area contributed by atoms with Crippen LogP contribution in [0.4, 0.5) is 5.69 Å². The van der Waals surface area contributed by atoms with Gasteiger partial charge in [-0.15, -0.1) is 0 Å². The Labute approximate surface area is 156 Å². The molecule has 1 fully saturated rings. The number of nitrogens with one attached hydrogen (secondary N) is 2. The molecule has 0 heterocycles. The summed E-state index contributed by atoms with van der Waals surface area (Å²) in [6.45, 7) is 5.82. The molecular weight excluding hydrogens is 324 g/mol. The first kappa shape index (κ1) is 18.5. The molecule has 3 rings (SSSR count). The average molecular weight is 353 g/mol. The van der Waals surface area contributed by atoms with Crippen molar-refractivity contribution < 1.29 is 14.4 Å². The highest BCUT2D eigenvalue weighted by Gasteiger charge is 2.34. The minimum Gasteiger partial charge on any atom is -0.497 e. The number of methoxy groups -OCH3 is 1. The van der Waals surface area contributed by atoms with E-state index in [0.29, 0.717) is 18.5 Å². The molecule has 1 amide bonds. The number of anilines is 1. The molecule has 4 heteroatoms. The molecule has 4 nitrogen and oxygen atoms in total. The first-order valence-corrected chi connectivity index (χ1v) is 9.42. The van der Waals surface area contributed by atoms with Crippen molar-refractivity contribution >= 4 is 11.6 Å². The van der Waals surface area contributed by atoms with E-state index in [2.05, 4.69) is 43.4 Å². The van der Waals surface area contributed by atoms with Crippen molar-refractivity contribution in [3.8, 4) is 5.75 Å². The number of hydrogen-bond donors (Lipinski definition) is 2. The second-order valence-electron chi connectivity index (χ2n) is 7.46. The maximum Gasteiger partial charge on any atom is 0.279 e. The van der Waals surface area contributed by atoms with Gasteiger partial charge < -0.3 is 15.0 Å². The maximum atomic E-state index is 12.5.